The molecule has 0 aromatic heterocycles. The molecule has 3 rings (SSSR count). The van der Waals surface area contributed by atoms with Crippen LogP contribution < -0.4 is 9.62 Å². The van der Waals surface area contributed by atoms with Gasteiger partial charge in [0.1, 0.15) is 6.04 Å². The third kappa shape index (κ3) is 8.60. The maximum absolute atomic E-state index is 13.7. The smallest absolute Gasteiger partial charge is 0.243 e. The Morgan fingerprint density at radius 1 is 1.05 bits per heavy atom. The number of rotatable bonds is 12. The Labute approximate surface area is 249 Å². The van der Waals surface area contributed by atoms with E-state index < -0.39 is 16.1 Å². The maximum atomic E-state index is 13.7. The SMILES string of the molecule is CCC(C(=O)NC1CCCCC1)N(Cc1c(Cl)cccc1Cl)C(=O)CCCN(c1cc(C)ccc1C)S(C)(=O)=O. The second-order valence-electron chi connectivity index (χ2n) is 10.7. The molecule has 0 aliphatic heterocycles. The van der Waals surface area contributed by atoms with Gasteiger partial charge >= 0.3 is 0 Å². The van der Waals surface area contributed by atoms with E-state index in [1.807, 2.05) is 39.0 Å². The van der Waals surface area contributed by atoms with Gasteiger partial charge in [-0.15, -0.1) is 0 Å². The van der Waals surface area contributed by atoms with Crippen molar-refractivity contribution >= 4 is 50.7 Å². The highest BCUT2D eigenvalue weighted by Crippen LogP contribution is 2.28. The molecular formula is C30H41Cl2N3O4S. The quantitative estimate of drug-likeness (QED) is 0.301. The van der Waals surface area contributed by atoms with Crippen LogP contribution >= 0.6 is 23.2 Å². The first-order valence-electron chi connectivity index (χ1n) is 14.0. The molecule has 2 aromatic carbocycles. The Morgan fingerprint density at radius 3 is 2.30 bits per heavy atom. The number of carbonyl (C=O) groups is 2. The third-order valence-corrected chi connectivity index (χ3v) is 9.40. The van der Waals surface area contributed by atoms with Crippen LogP contribution in [0.25, 0.3) is 0 Å². The van der Waals surface area contributed by atoms with Gasteiger partial charge in [-0.25, -0.2) is 8.42 Å². The fraction of sp³-hybridized carbons (Fsp3) is 0.533. The average molecular weight is 611 g/mol. The lowest BCUT2D eigenvalue weighted by atomic mass is 9.95. The van der Waals surface area contributed by atoms with E-state index in [0.29, 0.717) is 27.7 Å². The predicted molar refractivity (Wildman–Crippen MR) is 163 cm³/mol. The summed E-state index contributed by atoms with van der Waals surface area (Å²) < 4.78 is 26.8. The van der Waals surface area contributed by atoms with E-state index in [0.717, 1.165) is 36.8 Å². The Balaban J connectivity index is 1.82. The number of anilines is 1. The van der Waals surface area contributed by atoms with Crippen molar-refractivity contribution in [2.75, 3.05) is 17.1 Å². The van der Waals surface area contributed by atoms with Gasteiger partial charge < -0.3 is 10.2 Å². The Hall–Kier alpha value is -2.29. The first kappa shape index (κ1) is 32.2. The standard InChI is InChI=1S/C30H41Cl2N3O4S/c1-5-27(30(37)33-23-11-7-6-8-12-23)34(20-24-25(31)13-9-14-26(24)32)29(36)15-10-18-35(40(4,38)39)28-19-21(2)16-17-22(28)3/h9,13-14,16-17,19,23,27H,5-8,10-12,15,18,20H2,1-4H3,(H,33,37). The highest BCUT2D eigenvalue weighted by Gasteiger charge is 2.31. The molecule has 1 fully saturated rings. The summed E-state index contributed by atoms with van der Waals surface area (Å²) in [5.41, 5.74) is 2.97. The van der Waals surface area contributed by atoms with Crippen molar-refractivity contribution in [3.05, 3.63) is 63.1 Å². The lowest BCUT2D eigenvalue weighted by molar-refractivity contribution is -0.141. The summed E-state index contributed by atoms with van der Waals surface area (Å²) in [5, 5.41) is 4.01. The Kier molecular flexibility index (Phi) is 11.7. The van der Waals surface area contributed by atoms with Crippen LogP contribution in [0.2, 0.25) is 10.0 Å². The molecule has 1 aliphatic rings. The number of nitrogens with zero attached hydrogens (tertiary/aromatic N) is 2. The number of benzene rings is 2. The molecule has 10 heteroatoms. The van der Waals surface area contributed by atoms with E-state index in [9.17, 15) is 18.0 Å². The lowest BCUT2D eigenvalue weighted by Crippen LogP contribution is -2.51. The fourth-order valence-electron chi connectivity index (χ4n) is 5.29. The Bertz CT molecular complexity index is 1280. The molecule has 1 saturated carbocycles. The van der Waals surface area contributed by atoms with Gasteiger partial charge in [-0.2, -0.15) is 0 Å². The van der Waals surface area contributed by atoms with Gasteiger partial charge in [-0.3, -0.25) is 13.9 Å². The van der Waals surface area contributed by atoms with Gasteiger partial charge in [-0.1, -0.05) is 67.6 Å². The van der Waals surface area contributed by atoms with Crippen molar-refractivity contribution < 1.29 is 18.0 Å². The van der Waals surface area contributed by atoms with E-state index in [-0.39, 0.29) is 43.8 Å². The highest BCUT2D eigenvalue weighted by molar-refractivity contribution is 7.92. The van der Waals surface area contributed by atoms with E-state index in [4.69, 9.17) is 23.2 Å². The van der Waals surface area contributed by atoms with Crippen LogP contribution in [0.1, 0.15) is 75.0 Å². The van der Waals surface area contributed by atoms with Crippen molar-refractivity contribution in [2.45, 2.75) is 90.8 Å². The van der Waals surface area contributed by atoms with E-state index in [1.54, 1.807) is 23.1 Å². The zero-order chi connectivity index (χ0) is 29.4. The number of sulfonamides is 1. The zero-order valence-electron chi connectivity index (χ0n) is 23.9. The number of nitrogens with one attached hydrogen (secondary N) is 1. The molecule has 40 heavy (non-hydrogen) atoms. The average Bonchev–Trinajstić information content (AvgIpc) is 2.89. The van der Waals surface area contributed by atoms with Crippen LogP contribution in [0.5, 0.6) is 0 Å². The number of amides is 2. The number of hydrogen-bond donors (Lipinski definition) is 1. The molecule has 7 nitrogen and oxygen atoms in total. The maximum Gasteiger partial charge on any atom is 0.243 e. The van der Waals surface area contributed by atoms with Gasteiger partial charge in [0.25, 0.3) is 0 Å². The van der Waals surface area contributed by atoms with E-state index >= 15 is 0 Å². The molecule has 2 aromatic rings. The molecule has 220 valence electrons. The van der Waals surface area contributed by atoms with Crippen molar-refractivity contribution in [2.24, 2.45) is 0 Å². The van der Waals surface area contributed by atoms with Gasteiger partial charge in [0, 0.05) is 41.2 Å². The molecule has 1 N–H and O–H groups in total. The summed E-state index contributed by atoms with van der Waals surface area (Å²) >= 11 is 12.9. The minimum Gasteiger partial charge on any atom is -0.352 e. The lowest BCUT2D eigenvalue weighted by Gasteiger charge is -2.33. The minimum atomic E-state index is -3.58. The van der Waals surface area contributed by atoms with Crippen LogP contribution in [0.15, 0.2) is 36.4 Å². The molecular weight excluding hydrogens is 569 g/mol. The summed E-state index contributed by atoms with van der Waals surface area (Å²) in [6, 6.07) is 10.2. The second kappa shape index (κ2) is 14.6. The molecule has 1 atom stereocenters. The molecule has 0 saturated heterocycles. The van der Waals surface area contributed by atoms with Crippen molar-refractivity contribution in [1.29, 1.82) is 0 Å². The highest BCUT2D eigenvalue weighted by atomic mass is 35.5. The number of halogens is 2. The van der Waals surface area contributed by atoms with Crippen molar-refractivity contribution in [3.63, 3.8) is 0 Å². The number of aryl methyl sites for hydroxylation is 2. The first-order valence-corrected chi connectivity index (χ1v) is 16.6. The van der Waals surface area contributed by atoms with Gasteiger partial charge in [-0.05, 0) is 68.9 Å². The van der Waals surface area contributed by atoms with Crippen LogP contribution in [-0.2, 0) is 26.2 Å². The summed E-state index contributed by atoms with van der Waals surface area (Å²) in [4.78, 5) is 28.8. The van der Waals surface area contributed by atoms with Crippen LogP contribution in [-0.4, -0.2) is 50.0 Å². The predicted octanol–water partition coefficient (Wildman–Crippen LogP) is 6.41. The monoisotopic (exact) mass is 609 g/mol. The van der Waals surface area contributed by atoms with Crippen LogP contribution in [0, 0.1) is 13.8 Å². The topological polar surface area (TPSA) is 86.8 Å². The molecule has 0 spiro atoms. The normalized spacial score (nSPS) is 14.9. The number of hydrogen-bond acceptors (Lipinski definition) is 4. The molecule has 0 bridgehead atoms. The first-order chi connectivity index (χ1) is 18.9. The zero-order valence-corrected chi connectivity index (χ0v) is 26.2. The summed E-state index contributed by atoms with van der Waals surface area (Å²) in [5.74, 6) is -0.435. The fourth-order valence-corrected chi connectivity index (χ4v) is 6.82. The van der Waals surface area contributed by atoms with E-state index in [1.165, 1.54) is 17.0 Å². The second-order valence-corrected chi connectivity index (χ2v) is 13.4. The third-order valence-electron chi connectivity index (χ3n) is 7.51. The van der Waals surface area contributed by atoms with Gasteiger partial charge in [0.05, 0.1) is 11.9 Å². The summed E-state index contributed by atoms with van der Waals surface area (Å²) in [6.07, 6.45) is 7.14. The minimum absolute atomic E-state index is 0.0617. The largest absolute Gasteiger partial charge is 0.352 e. The molecule has 0 radical (unpaired) electrons. The Morgan fingerprint density at radius 2 is 1.70 bits per heavy atom. The van der Waals surface area contributed by atoms with Crippen molar-refractivity contribution in [1.82, 2.24) is 10.2 Å². The number of carbonyl (C=O) groups excluding carboxylic acids is 2. The van der Waals surface area contributed by atoms with Gasteiger partial charge in [0.15, 0.2) is 0 Å². The van der Waals surface area contributed by atoms with Crippen molar-refractivity contribution in [3.8, 4) is 0 Å². The molecule has 2 amide bonds. The van der Waals surface area contributed by atoms with Gasteiger partial charge in [0.2, 0.25) is 21.8 Å². The van der Waals surface area contributed by atoms with E-state index in [2.05, 4.69) is 5.32 Å². The molecule has 0 heterocycles. The summed E-state index contributed by atoms with van der Waals surface area (Å²) in [6.45, 7) is 5.88. The molecule has 1 unspecified atom stereocenters. The summed E-state index contributed by atoms with van der Waals surface area (Å²) in [7, 11) is -3.58. The molecule has 1 aliphatic carbocycles. The van der Waals surface area contributed by atoms with Crippen LogP contribution in [0.3, 0.4) is 0 Å². The van der Waals surface area contributed by atoms with Crippen LogP contribution in [0.4, 0.5) is 5.69 Å².